The molecule has 36 heteroatoms. The summed E-state index contributed by atoms with van der Waals surface area (Å²) in [5.74, 6) is -0.0740. The number of methoxy groups -OCH3 is 1. The number of aromatic amines is 2. The highest BCUT2D eigenvalue weighted by molar-refractivity contribution is 7.47. The highest BCUT2D eigenvalue weighted by Gasteiger charge is 2.50. The monoisotopic (exact) mass is 1080 g/mol. The highest BCUT2D eigenvalue weighted by atomic mass is 35.5. The van der Waals surface area contributed by atoms with Crippen molar-refractivity contribution in [2.45, 2.75) is 61.7 Å². The van der Waals surface area contributed by atoms with Crippen LogP contribution in [0.15, 0.2) is 46.5 Å². The van der Waals surface area contributed by atoms with Gasteiger partial charge in [-0.25, -0.2) is 23.2 Å². The Morgan fingerprint density at radius 3 is 2.11 bits per heavy atom. The number of nitrogens with one attached hydrogen (secondary N) is 2. The lowest BCUT2D eigenvalue weighted by atomic mass is 10.1. The number of phosphoric ester groups is 3. The second-order valence-corrected chi connectivity index (χ2v) is 19.7. The van der Waals surface area contributed by atoms with Crippen LogP contribution >= 0.6 is 35.1 Å². The smallest absolute Gasteiger partial charge is 0.472 e. The number of imidazole rings is 2. The number of phosphoric acid groups is 3. The van der Waals surface area contributed by atoms with Crippen LogP contribution in [-0.4, -0.2) is 165 Å². The first-order valence-corrected chi connectivity index (χ1v) is 25.3. The molecule has 70 heavy (non-hydrogen) atoms. The van der Waals surface area contributed by atoms with Gasteiger partial charge < -0.3 is 70.0 Å². The lowest BCUT2D eigenvalue weighted by Crippen LogP contribution is -2.47. The summed E-state index contributed by atoms with van der Waals surface area (Å²) in [6.07, 6.45) is -11.7. The number of benzene rings is 1. The minimum atomic E-state index is -5.46. The molecule has 0 saturated carbocycles. The molecule has 11 atom stereocenters. The molecule has 2 aliphatic heterocycles. The van der Waals surface area contributed by atoms with E-state index in [2.05, 4.69) is 29.4 Å². The minimum Gasteiger partial charge on any atom is -0.490 e. The third-order valence-electron chi connectivity index (χ3n) is 10.3. The molecule has 2 fully saturated rings. The van der Waals surface area contributed by atoms with Crippen molar-refractivity contribution in [1.82, 2.24) is 34.1 Å². The summed E-state index contributed by atoms with van der Waals surface area (Å²) < 4.78 is 94.2. The number of rotatable bonds is 24. The molecule has 5 unspecified atom stereocenters. The molecular weight excluding hydrogens is 1030 g/mol. The predicted octanol–water partition coefficient (Wildman–Crippen LogP) is -2.30. The van der Waals surface area contributed by atoms with E-state index < -0.39 is 116 Å². The normalized spacial score (nSPS) is 25.1. The van der Waals surface area contributed by atoms with Crippen LogP contribution < -0.4 is 31.9 Å². The Bertz CT molecular complexity index is 2890. The molecular formula is C34H47ClN10O22P3+. The van der Waals surface area contributed by atoms with Gasteiger partial charge in [0.05, 0.1) is 46.0 Å². The average molecular weight is 1080 g/mol. The SMILES string of the molecule is COCCO[C@H]1C([n+]2cn(CCOc3ccc(Cl)cc3)c3c(=O)[nH]c(N)nc32)O[C@H](COP(=O)(O)OCC(COP(=O)(O)OCC2O[C@@H](n3cnc4c(=O)[nH]c(N)nc43)[C@H](O)[C@@H]2O)OP(=O)(O)O)[C@H]1O. The summed E-state index contributed by atoms with van der Waals surface area (Å²) in [7, 11) is -14.6. The van der Waals surface area contributed by atoms with Crippen molar-refractivity contribution < 1.29 is 99.5 Å². The number of fused-ring (bicyclic) bond motifs is 2. The lowest BCUT2D eigenvalue weighted by Gasteiger charge is -2.22. The van der Waals surface area contributed by atoms with Crippen LogP contribution in [0.25, 0.3) is 22.3 Å². The Labute approximate surface area is 396 Å². The summed E-state index contributed by atoms with van der Waals surface area (Å²) in [5, 5.41) is 33.2. The minimum absolute atomic E-state index is 0.0145. The van der Waals surface area contributed by atoms with Crippen molar-refractivity contribution >= 4 is 69.3 Å². The first kappa shape index (κ1) is 53.5. The van der Waals surface area contributed by atoms with Crippen molar-refractivity contribution in [2.75, 3.05) is 64.8 Å². The van der Waals surface area contributed by atoms with E-state index in [0.717, 1.165) is 10.9 Å². The van der Waals surface area contributed by atoms with Crippen molar-refractivity contribution in [1.29, 1.82) is 0 Å². The van der Waals surface area contributed by atoms with Gasteiger partial charge in [-0.05, 0) is 24.3 Å². The van der Waals surface area contributed by atoms with Gasteiger partial charge in [0.25, 0.3) is 17.1 Å². The maximum absolute atomic E-state index is 13.2. The number of nitrogens with zero attached hydrogens (tertiary/aromatic N) is 6. The Hall–Kier alpha value is -4.34. The zero-order valence-electron chi connectivity index (χ0n) is 36.1. The zero-order chi connectivity index (χ0) is 50.7. The Kier molecular flexibility index (Phi) is 16.9. The van der Waals surface area contributed by atoms with E-state index in [-0.39, 0.29) is 60.6 Å². The molecule has 386 valence electrons. The van der Waals surface area contributed by atoms with Crippen molar-refractivity contribution in [2.24, 2.45) is 0 Å². The number of hydrogen-bond acceptors (Lipinski definition) is 23. The van der Waals surface area contributed by atoms with Crippen LogP contribution in [-0.2, 0) is 61.8 Å². The van der Waals surface area contributed by atoms with Gasteiger partial charge in [-0.15, -0.1) is 0 Å². The Morgan fingerprint density at radius 2 is 1.47 bits per heavy atom. The second kappa shape index (κ2) is 22.2. The van der Waals surface area contributed by atoms with Crippen molar-refractivity contribution in [3.8, 4) is 5.75 Å². The molecule has 0 bridgehead atoms. The third-order valence-corrected chi connectivity index (χ3v) is 13.0. The van der Waals surface area contributed by atoms with Gasteiger partial charge in [0, 0.05) is 12.1 Å². The molecule has 0 amide bonds. The number of ether oxygens (including phenoxy) is 5. The fourth-order valence-electron chi connectivity index (χ4n) is 7.14. The molecule has 6 heterocycles. The lowest BCUT2D eigenvalue weighted by molar-refractivity contribution is -0.746. The number of hydrogen-bond donors (Lipinski definition) is 11. The topological polar surface area (TPSA) is 455 Å². The van der Waals surface area contributed by atoms with Gasteiger partial charge in [0.2, 0.25) is 17.7 Å². The summed E-state index contributed by atoms with van der Waals surface area (Å²) >= 11 is 5.96. The van der Waals surface area contributed by atoms with E-state index in [4.69, 9.17) is 64.8 Å². The number of nitrogens with two attached hydrogens (primary N) is 2. The molecule has 13 N–H and O–H groups in total. The molecule has 0 spiro atoms. The average Bonchev–Trinajstić information content (AvgIpc) is 4.03. The van der Waals surface area contributed by atoms with E-state index in [9.17, 15) is 58.2 Å². The van der Waals surface area contributed by atoms with E-state index in [0.29, 0.717) is 10.8 Å². The molecule has 2 aliphatic rings. The van der Waals surface area contributed by atoms with E-state index >= 15 is 0 Å². The summed E-state index contributed by atoms with van der Waals surface area (Å²) in [6, 6.07) is 6.56. The van der Waals surface area contributed by atoms with Crippen LogP contribution in [0.1, 0.15) is 12.5 Å². The Morgan fingerprint density at radius 1 is 0.843 bits per heavy atom. The molecule has 2 saturated heterocycles. The third kappa shape index (κ3) is 13.0. The van der Waals surface area contributed by atoms with Crippen molar-refractivity contribution in [3.05, 3.63) is 62.7 Å². The largest absolute Gasteiger partial charge is 0.490 e. The first-order valence-electron chi connectivity index (χ1n) is 20.4. The van der Waals surface area contributed by atoms with Gasteiger partial charge in [0.1, 0.15) is 61.6 Å². The van der Waals surface area contributed by atoms with Gasteiger partial charge >= 0.3 is 29.1 Å². The molecule has 1 aromatic carbocycles. The molecule has 32 nitrogen and oxygen atoms in total. The van der Waals surface area contributed by atoms with Gasteiger partial charge in [-0.1, -0.05) is 16.6 Å². The van der Waals surface area contributed by atoms with E-state index in [1.54, 1.807) is 24.3 Å². The quantitative estimate of drug-likeness (QED) is 0.0176. The van der Waals surface area contributed by atoms with Crippen molar-refractivity contribution in [3.63, 3.8) is 0 Å². The fraction of sp³-hybridized carbons (Fsp3) is 0.529. The van der Waals surface area contributed by atoms with E-state index in [1.807, 2.05) is 0 Å². The van der Waals surface area contributed by atoms with Crippen LogP contribution in [0.3, 0.4) is 0 Å². The molecule has 0 aliphatic carbocycles. The number of H-pyrrole nitrogens is 2. The second-order valence-electron chi connectivity index (χ2n) is 15.2. The molecule has 4 aromatic heterocycles. The number of aliphatic hydroxyl groups is 3. The number of nitrogen functional groups attached to an aromatic ring is 2. The maximum Gasteiger partial charge on any atom is 0.472 e. The van der Waals surface area contributed by atoms with Crippen LogP contribution in [0.4, 0.5) is 11.9 Å². The van der Waals surface area contributed by atoms with Gasteiger partial charge in [-0.2, -0.15) is 4.98 Å². The number of anilines is 2. The number of halogens is 1. The summed E-state index contributed by atoms with van der Waals surface area (Å²) in [4.78, 5) is 82.1. The van der Waals surface area contributed by atoms with Crippen LogP contribution in [0.5, 0.6) is 5.75 Å². The van der Waals surface area contributed by atoms with Gasteiger partial charge in [0.15, 0.2) is 23.7 Å². The standard InChI is InChI=1S/C34H46ClN10O22P3/c1-58-8-9-60-26-24(47)20(66-32(26)45-15-43(22-28(45)40-34(37)42-30(22)50)6-7-59-17-4-2-16(35)3-5-17)13-64-70(56,57)62-11-18(67-68(51,52)53)10-61-69(54,55)63-12-19-23(46)25(48)31(65-19)44-14-38-21-27(44)39-33(36)41-29(21)49/h2-5,14-15,18-20,23-26,31-32,46-48H,6-13H2,1H3,(H9-,36,37,39,40,41,42,49,50,51,52,53,54,55,56,57)/p+1/t18?,19?,20-,23-,24-,25-,26-,31-,32?/m1/s1. The maximum atomic E-state index is 13.2. The van der Waals surface area contributed by atoms with Crippen LogP contribution in [0, 0.1) is 0 Å². The Balaban J connectivity index is 0.971. The number of aromatic nitrogens is 8. The van der Waals surface area contributed by atoms with Crippen LogP contribution in [0.2, 0.25) is 5.02 Å². The number of aliphatic hydroxyl groups excluding tert-OH is 3. The summed E-state index contributed by atoms with van der Waals surface area (Å²) in [6.45, 7) is -4.21. The zero-order valence-corrected chi connectivity index (χ0v) is 39.6. The molecule has 5 aromatic rings. The molecule has 7 rings (SSSR count). The first-order chi connectivity index (χ1) is 33.0. The fourth-order valence-corrected chi connectivity index (χ4v) is 9.31. The van der Waals surface area contributed by atoms with E-state index in [1.165, 1.54) is 22.6 Å². The van der Waals surface area contributed by atoms with Gasteiger partial charge in [-0.3, -0.25) is 51.3 Å². The highest BCUT2D eigenvalue weighted by Crippen LogP contribution is 2.48. The molecule has 0 radical (unpaired) electrons. The summed E-state index contributed by atoms with van der Waals surface area (Å²) in [5.41, 5.74) is 9.84. The predicted molar refractivity (Wildman–Crippen MR) is 232 cm³/mol.